The third kappa shape index (κ3) is 4.75. The molecule has 2 atom stereocenters. The van der Waals surface area contributed by atoms with Crippen molar-refractivity contribution in [1.82, 2.24) is 10.2 Å². The van der Waals surface area contributed by atoms with Crippen LogP contribution in [0.1, 0.15) is 34.1 Å². The van der Waals surface area contributed by atoms with Crippen LogP contribution < -0.4 is 5.32 Å². The number of nitrogens with zero attached hydrogens (tertiary/aromatic N) is 1. The Balaban J connectivity index is 2.69. The zero-order valence-corrected chi connectivity index (χ0v) is 12.7. The minimum atomic E-state index is -0.641. The van der Waals surface area contributed by atoms with Gasteiger partial charge in [-0.1, -0.05) is 6.92 Å². The second-order valence-electron chi connectivity index (χ2n) is 5.37. The van der Waals surface area contributed by atoms with Crippen LogP contribution in [0.3, 0.4) is 0 Å². The SMILES string of the molecule is CCCNC(C)(CN1CCOCC1C)C(=O)OCC. The fourth-order valence-electron chi connectivity index (χ4n) is 2.29. The number of carbonyl (C=O) groups excluding carboxylic acids is 1. The van der Waals surface area contributed by atoms with E-state index in [1.807, 2.05) is 13.8 Å². The Kier molecular flexibility index (Phi) is 6.75. The fraction of sp³-hybridized carbons (Fsp3) is 0.929. The Labute approximate surface area is 116 Å². The molecule has 1 N–H and O–H groups in total. The van der Waals surface area contributed by atoms with Crippen LogP contribution in [0.2, 0.25) is 0 Å². The van der Waals surface area contributed by atoms with Gasteiger partial charge in [-0.05, 0) is 33.7 Å². The Morgan fingerprint density at radius 1 is 1.53 bits per heavy atom. The molecule has 5 heteroatoms. The minimum absolute atomic E-state index is 0.165. The van der Waals surface area contributed by atoms with Crippen LogP contribution >= 0.6 is 0 Å². The van der Waals surface area contributed by atoms with Crippen LogP contribution in [0.25, 0.3) is 0 Å². The first-order valence-electron chi connectivity index (χ1n) is 7.27. The van der Waals surface area contributed by atoms with Gasteiger partial charge in [-0.2, -0.15) is 0 Å². The predicted octanol–water partition coefficient (Wildman–Crippen LogP) is 1.03. The molecular formula is C14H28N2O3. The summed E-state index contributed by atoms with van der Waals surface area (Å²) < 4.78 is 10.7. The van der Waals surface area contributed by atoms with Gasteiger partial charge in [0.15, 0.2) is 0 Å². The minimum Gasteiger partial charge on any atom is -0.465 e. The van der Waals surface area contributed by atoms with Crippen molar-refractivity contribution in [2.45, 2.75) is 45.7 Å². The molecule has 112 valence electrons. The average Bonchev–Trinajstić information content (AvgIpc) is 2.39. The highest BCUT2D eigenvalue weighted by molar-refractivity contribution is 5.80. The summed E-state index contributed by atoms with van der Waals surface area (Å²) >= 11 is 0. The fourth-order valence-corrected chi connectivity index (χ4v) is 2.29. The van der Waals surface area contributed by atoms with Gasteiger partial charge in [0.25, 0.3) is 0 Å². The van der Waals surface area contributed by atoms with Crippen LogP contribution in [0.15, 0.2) is 0 Å². The number of morpholine rings is 1. The number of carbonyl (C=O) groups is 1. The maximum absolute atomic E-state index is 12.2. The molecule has 1 fully saturated rings. The van der Waals surface area contributed by atoms with E-state index in [0.717, 1.165) is 32.7 Å². The number of hydrogen-bond donors (Lipinski definition) is 1. The molecule has 1 aliphatic rings. The van der Waals surface area contributed by atoms with E-state index in [1.54, 1.807) is 0 Å². The highest BCUT2D eigenvalue weighted by atomic mass is 16.5. The van der Waals surface area contributed by atoms with E-state index in [0.29, 0.717) is 19.2 Å². The Morgan fingerprint density at radius 3 is 2.84 bits per heavy atom. The topological polar surface area (TPSA) is 50.8 Å². The van der Waals surface area contributed by atoms with Gasteiger partial charge in [0, 0.05) is 19.1 Å². The maximum atomic E-state index is 12.2. The molecule has 1 rings (SSSR count). The van der Waals surface area contributed by atoms with Crippen LogP contribution in [-0.2, 0) is 14.3 Å². The molecule has 2 unspecified atom stereocenters. The standard InChI is InChI=1S/C14H28N2O3/c1-5-7-15-14(4,13(17)19-6-2)11-16-8-9-18-10-12(16)3/h12,15H,5-11H2,1-4H3. The summed E-state index contributed by atoms with van der Waals surface area (Å²) in [6.07, 6.45) is 0.994. The summed E-state index contributed by atoms with van der Waals surface area (Å²) in [6.45, 7) is 12.2. The lowest BCUT2D eigenvalue weighted by Crippen LogP contribution is -2.60. The number of hydrogen-bond acceptors (Lipinski definition) is 5. The van der Waals surface area contributed by atoms with Gasteiger partial charge >= 0.3 is 5.97 Å². The molecule has 0 aromatic rings. The Morgan fingerprint density at radius 2 is 2.26 bits per heavy atom. The maximum Gasteiger partial charge on any atom is 0.327 e. The largest absolute Gasteiger partial charge is 0.465 e. The van der Waals surface area contributed by atoms with Crippen molar-refractivity contribution in [1.29, 1.82) is 0 Å². The van der Waals surface area contributed by atoms with Crippen LogP contribution in [0, 0.1) is 0 Å². The summed E-state index contributed by atoms with van der Waals surface area (Å²) in [5.41, 5.74) is -0.641. The lowest BCUT2D eigenvalue weighted by Gasteiger charge is -2.39. The number of esters is 1. The molecule has 5 nitrogen and oxygen atoms in total. The van der Waals surface area contributed by atoms with E-state index in [1.165, 1.54) is 0 Å². The van der Waals surface area contributed by atoms with Crippen LogP contribution in [0.4, 0.5) is 0 Å². The second-order valence-corrected chi connectivity index (χ2v) is 5.37. The first-order chi connectivity index (χ1) is 9.03. The molecule has 0 amide bonds. The molecule has 0 bridgehead atoms. The molecule has 0 aromatic heterocycles. The first kappa shape index (κ1) is 16.4. The van der Waals surface area contributed by atoms with Crippen molar-refractivity contribution >= 4 is 5.97 Å². The van der Waals surface area contributed by atoms with Gasteiger partial charge in [0.05, 0.1) is 19.8 Å². The van der Waals surface area contributed by atoms with Gasteiger partial charge < -0.3 is 14.8 Å². The highest BCUT2D eigenvalue weighted by Crippen LogP contribution is 2.15. The highest BCUT2D eigenvalue weighted by Gasteiger charge is 2.37. The van der Waals surface area contributed by atoms with E-state index < -0.39 is 5.54 Å². The third-order valence-corrected chi connectivity index (χ3v) is 3.52. The molecule has 0 aromatic carbocycles. The summed E-state index contributed by atoms with van der Waals surface area (Å²) in [6, 6.07) is 0.339. The molecule has 1 heterocycles. The Bertz CT molecular complexity index is 286. The first-order valence-corrected chi connectivity index (χ1v) is 7.27. The number of rotatable bonds is 7. The summed E-state index contributed by atoms with van der Waals surface area (Å²) in [7, 11) is 0. The van der Waals surface area contributed by atoms with E-state index in [9.17, 15) is 4.79 Å². The van der Waals surface area contributed by atoms with Crippen molar-refractivity contribution in [2.75, 3.05) is 39.5 Å². The third-order valence-electron chi connectivity index (χ3n) is 3.52. The van der Waals surface area contributed by atoms with Gasteiger partial charge in [-0.15, -0.1) is 0 Å². The van der Waals surface area contributed by atoms with E-state index in [4.69, 9.17) is 9.47 Å². The summed E-state index contributed by atoms with van der Waals surface area (Å²) in [4.78, 5) is 14.5. The molecular weight excluding hydrogens is 244 g/mol. The normalized spacial score (nSPS) is 23.9. The molecule has 0 saturated carbocycles. The molecule has 1 aliphatic heterocycles. The summed E-state index contributed by atoms with van der Waals surface area (Å²) in [5.74, 6) is -0.165. The smallest absolute Gasteiger partial charge is 0.327 e. The second kappa shape index (κ2) is 7.82. The van der Waals surface area contributed by atoms with Gasteiger partial charge in [-0.3, -0.25) is 9.69 Å². The van der Waals surface area contributed by atoms with Gasteiger partial charge in [0.1, 0.15) is 5.54 Å². The van der Waals surface area contributed by atoms with E-state index in [-0.39, 0.29) is 5.97 Å². The molecule has 0 radical (unpaired) electrons. The molecule has 1 saturated heterocycles. The van der Waals surface area contributed by atoms with Crippen LogP contribution in [0.5, 0.6) is 0 Å². The monoisotopic (exact) mass is 272 g/mol. The zero-order valence-electron chi connectivity index (χ0n) is 12.7. The summed E-state index contributed by atoms with van der Waals surface area (Å²) in [5, 5.41) is 3.34. The van der Waals surface area contributed by atoms with Crippen molar-refractivity contribution < 1.29 is 14.3 Å². The lowest BCUT2D eigenvalue weighted by atomic mass is 10.00. The van der Waals surface area contributed by atoms with Gasteiger partial charge in [-0.25, -0.2) is 0 Å². The predicted molar refractivity (Wildman–Crippen MR) is 75.2 cm³/mol. The lowest BCUT2D eigenvalue weighted by molar-refractivity contribution is -0.152. The quantitative estimate of drug-likeness (QED) is 0.702. The average molecular weight is 272 g/mol. The van der Waals surface area contributed by atoms with Crippen LogP contribution in [-0.4, -0.2) is 61.9 Å². The molecule has 0 aliphatic carbocycles. The van der Waals surface area contributed by atoms with Crippen molar-refractivity contribution in [3.8, 4) is 0 Å². The molecule has 0 spiro atoms. The van der Waals surface area contributed by atoms with E-state index in [2.05, 4.69) is 24.1 Å². The van der Waals surface area contributed by atoms with Crippen molar-refractivity contribution in [2.24, 2.45) is 0 Å². The Hall–Kier alpha value is -0.650. The van der Waals surface area contributed by atoms with Crippen molar-refractivity contribution in [3.05, 3.63) is 0 Å². The number of nitrogens with one attached hydrogen (secondary N) is 1. The molecule has 19 heavy (non-hydrogen) atoms. The van der Waals surface area contributed by atoms with E-state index >= 15 is 0 Å². The van der Waals surface area contributed by atoms with Crippen molar-refractivity contribution in [3.63, 3.8) is 0 Å². The van der Waals surface area contributed by atoms with Gasteiger partial charge in [0.2, 0.25) is 0 Å². The zero-order chi connectivity index (χ0) is 14.3. The number of ether oxygens (including phenoxy) is 2.